The minimum absolute atomic E-state index is 0.351. The molecule has 108 valence electrons. The minimum atomic E-state index is 0.351. The zero-order chi connectivity index (χ0) is 15.3. The number of aromatic nitrogens is 4. The van der Waals surface area contributed by atoms with Gasteiger partial charge in [-0.2, -0.15) is 9.61 Å². The molecule has 3 heterocycles. The standard InChI is InChI=1S/C16H10Cl2N4/c1-9-7-12-19-8-11-14(17)13(10-5-3-2-4-6-10)15(18)20-16(11)22(12)21-9/h2-8H,1H3. The molecule has 0 fully saturated rings. The Hall–Kier alpha value is -2.17. The van der Waals surface area contributed by atoms with Gasteiger partial charge in [-0.3, -0.25) is 0 Å². The van der Waals surface area contributed by atoms with Crippen LogP contribution >= 0.6 is 23.2 Å². The van der Waals surface area contributed by atoms with E-state index in [1.54, 1.807) is 10.7 Å². The second kappa shape index (κ2) is 4.93. The fourth-order valence-corrected chi connectivity index (χ4v) is 3.19. The maximum absolute atomic E-state index is 6.58. The van der Waals surface area contributed by atoms with E-state index >= 15 is 0 Å². The van der Waals surface area contributed by atoms with Crippen molar-refractivity contribution in [1.29, 1.82) is 0 Å². The number of aryl methyl sites for hydroxylation is 1. The Bertz CT molecular complexity index is 1010. The second-order valence-electron chi connectivity index (χ2n) is 5.01. The average molecular weight is 329 g/mol. The number of benzene rings is 1. The van der Waals surface area contributed by atoms with Crippen LogP contribution in [0.5, 0.6) is 0 Å². The van der Waals surface area contributed by atoms with Crippen LogP contribution in [0.3, 0.4) is 0 Å². The van der Waals surface area contributed by atoms with Gasteiger partial charge in [0.05, 0.1) is 16.1 Å². The highest BCUT2D eigenvalue weighted by atomic mass is 35.5. The molecule has 4 nitrogen and oxygen atoms in total. The molecule has 0 unspecified atom stereocenters. The third-order valence-corrected chi connectivity index (χ3v) is 4.18. The van der Waals surface area contributed by atoms with Gasteiger partial charge in [-0.15, -0.1) is 0 Å². The van der Waals surface area contributed by atoms with Gasteiger partial charge in [0.25, 0.3) is 0 Å². The first-order valence-corrected chi connectivity index (χ1v) is 7.46. The summed E-state index contributed by atoms with van der Waals surface area (Å²) in [7, 11) is 0. The van der Waals surface area contributed by atoms with Gasteiger partial charge >= 0.3 is 0 Å². The molecule has 0 aliphatic rings. The molecular formula is C16H10Cl2N4. The van der Waals surface area contributed by atoms with E-state index < -0.39 is 0 Å². The third-order valence-electron chi connectivity index (χ3n) is 3.51. The van der Waals surface area contributed by atoms with Crippen LogP contribution in [-0.4, -0.2) is 19.6 Å². The summed E-state index contributed by atoms with van der Waals surface area (Å²) >= 11 is 13.0. The van der Waals surface area contributed by atoms with Crippen LogP contribution in [0.4, 0.5) is 0 Å². The number of hydrogen-bond acceptors (Lipinski definition) is 3. The van der Waals surface area contributed by atoms with Gasteiger partial charge in [-0.1, -0.05) is 53.5 Å². The van der Waals surface area contributed by atoms with Crippen molar-refractivity contribution < 1.29 is 0 Å². The van der Waals surface area contributed by atoms with Crippen LogP contribution in [0, 0.1) is 6.92 Å². The fraction of sp³-hybridized carbons (Fsp3) is 0.0625. The summed E-state index contributed by atoms with van der Waals surface area (Å²) < 4.78 is 1.66. The van der Waals surface area contributed by atoms with Gasteiger partial charge in [0.15, 0.2) is 11.3 Å². The van der Waals surface area contributed by atoms with Crippen LogP contribution < -0.4 is 0 Å². The zero-order valence-corrected chi connectivity index (χ0v) is 13.1. The Morgan fingerprint density at radius 3 is 2.64 bits per heavy atom. The van der Waals surface area contributed by atoms with Crippen LogP contribution in [-0.2, 0) is 0 Å². The highest BCUT2D eigenvalue weighted by Crippen LogP contribution is 2.37. The molecule has 0 N–H and O–H groups in total. The summed E-state index contributed by atoms with van der Waals surface area (Å²) in [4.78, 5) is 8.88. The predicted octanol–water partition coefficient (Wildman–Crippen LogP) is 4.56. The Balaban J connectivity index is 2.12. The summed E-state index contributed by atoms with van der Waals surface area (Å²) in [6, 6.07) is 11.6. The van der Waals surface area contributed by atoms with Crippen LogP contribution in [0.1, 0.15) is 5.69 Å². The van der Waals surface area contributed by atoms with Crippen molar-refractivity contribution in [2.24, 2.45) is 0 Å². The zero-order valence-electron chi connectivity index (χ0n) is 11.6. The van der Waals surface area contributed by atoms with Crippen molar-refractivity contribution in [1.82, 2.24) is 19.6 Å². The number of halogens is 2. The lowest BCUT2D eigenvalue weighted by Crippen LogP contribution is -1.98. The lowest BCUT2D eigenvalue weighted by molar-refractivity contribution is 0.939. The molecule has 6 heteroatoms. The van der Waals surface area contributed by atoms with Crippen LogP contribution in [0.15, 0.2) is 42.6 Å². The number of rotatable bonds is 1. The molecule has 0 amide bonds. The van der Waals surface area contributed by atoms with Gasteiger partial charge in [0.1, 0.15) is 5.15 Å². The van der Waals surface area contributed by atoms with Crippen molar-refractivity contribution >= 4 is 39.9 Å². The molecule has 4 aromatic rings. The molecule has 0 radical (unpaired) electrons. The average Bonchev–Trinajstić information content (AvgIpc) is 2.89. The second-order valence-corrected chi connectivity index (χ2v) is 5.74. The van der Waals surface area contributed by atoms with E-state index in [0.29, 0.717) is 21.4 Å². The first-order valence-electron chi connectivity index (χ1n) is 6.70. The SMILES string of the molecule is Cc1cc2ncc3c(Cl)c(-c4ccccc4)c(Cl)nc3n2n1. The normalized spacial score (nSPS) is 11.4. The van der Waals surface area contributed by atoms with E-state index in [2.05, 4.69) is 15.1 Å². The molecular weight excluding hydrogens is 319 g/mol. The molecule has 0 atom stereocenters. The Labute approximate surface area is 136 Å². The summed E-state index contributed by atoms with van der Waals surface area (Å²) in [5, 5.41) is 6.01. The molecule has 3 aromatic heterocycles. The van der Waals surface area contributed by atoms with Gasteiger partial charge in [0, 0.05) is 17.8 Å². The monoisotopic (exact) mass is 328 g/mol. The Morgan fingerprint density at radius 1 is 1.09 bits per heavy atom. The largest absolute Gasteiger partial charge is 0.236 e. The van der Waals surface area contributed by atoms with E-state index in [1.807, 2.05) is 43.3 Å². The van der Waals surface area contributed by atoms with E-state index in [1.165, 1.54) is 0 Å². The summed E-state index contributed by atoms with van der Waals surface area (Å²) in [5.74, 6) is 0. The molecule has 0 saturated heterocycles. The predicted molar refractivity (Wildman–Crippen MR) is 88.5 cm³/mol. The molecule has 0 aliphatic carbocycles. The topological polar surface area (TPSA) is 43.1 Å². The fourth-order valence-electron chi connectivity index (χ4n) is 2.52. The minimum Gasteiger partial charge on any atom is -0.236 e. The van der Waals surface area contributed by atoms with Crippen molar-refractivity contribution in [2.75, 3.05) is 0 Å². The van der Waals surface area contributed by atoms with Gasteiger partial charge in [0.2, 0.25) is 0 Å². The molecule has 22 heavy (non-hydrogen) atoms. The highest BCUT2D eigenvalue weighted by molar-refractivity contribution is 6.42. The Morgan fingerprint density at radius 2 is 1.86 bits per heavy atom. The van der Waals surface area contributed by atoms with Gasteiger partial charge < -0.3 is 0 Å². The molecule has 4 rings (SSSR count). The third kappa shape index (κ3) is 1.95. The van der Waals surface area contributed by atoms with Crippen molar-refractivity contribution in [3.05, 3.63) is 58.5 Å². The summed E-state index contributed by atoms with van der Waals surface area (Å²) in [6.07, 6.45) is 1.71. The Kier molecular flexibility index (Phi) is 3.03. The van der Waals surface area contributed by atoms with E-state index in [9.17, 15) is 0 Å². The number of pyridine rings is 1. The lowest BCUT2D eigenvalue weighted by Gasteiger charge is -2.10. The van der Waals surface area contributed by atoms with Crippen LogP contribution in [0.2, 0.25) is 10.2 Å². The van der Waals surface area contributed by atoms with E-state index in [-0.39, 0.29) is 0 Å². The molecule has 0 saturated carbocycles. The summed E-state index contributed by atoms with van der Waals surface area (Å²) in [5.41, 5.74) is 3.82. The molecule has 0 bridgehead atoms. The van der Waals surface area contributed by atoms with Gasteiger partial charge in [-0.25, -0.2) is 9.97 Å². The molecule has 0 aliphatic heterocycles. The van der Waals surface area contributed by atoms with Crippen LogP contribution in [0.25, 0.3) is 27.8 Å². The number of nitrogens with zero attached hydrogens (tertiary/aromatic N) is 4. The van der Waals surface area contributed by atoms with Crippen molar-refractivity contribution in [3.63, 3.8) is 0 Å². The molecule has 1 aromatic carbocycles. The number of fused-ring (bicyclic) bond motifs is 3. The van der Waals surface area contributed by atoms with E-state index in [0.717, 1.165) is 22.3 Å². The number of hydrogen-bond donors (Lipinski definition) is 0. The quantitative estimate of drug-likeness (QED) is 0.481. The molecule has 0 spiro atoms. The van der Waals surface area contributed by atoms with Crippen molar-refractivity contribution in [3.8, 4) is 11.1 Å². The first kappa shape index (κ1) is 13.5. The van der Waals surface area contributed by atoms with Crippen molar-refractivity contribution in [2.45, 2.75) is 6.92 Å². The smallest absolute Gasteiger partial charge is 0.167 e. The van der Waals surface area contributed by atoms with Gasteiger partial charge in [-0.05, 0) is 12.5 Å². The lowest BCUT2D eigenvalue weighted by atomic mass is 10.1. The first-order chi connectivity index (χ1) is 10.6. The maximum atomic E-state index is 6.58. The highest BCUT2D eigenvalue weighted by Gasteiger charge is 2.17. The summed E-state index contributed by atoms with van der Waals surface area (Å²) in [6.45, 7) is 1.90. The maximum Gasteiger partial charge on any atom is 0.167 e. The van der Waals surface area contributed by atoms with E-state index in [4.69, 9.17) is 23.2 Å².